The summed E-state index contributed by atoms with van der Waals surface area (Å²) in [6.07, 6.45) is 0.536. The second-order valence-electron chi connectivity index (χ2n) is 3.51. The fourth-order valence-electron chi connectivity index (χ4n) is 1.42. The first-order valence-electron chi connectivity index (χ1n) is 4.60. The van der Waals surface area contributed by atoms with E-state index in [1.807, 2.05) is 0 Å². The van der Waals surface area contributed by atoms with Crippen molar-refractivity contribution in [1.82, 2.24) is 4.90 Å². The van der Waals surface area contributed by atoms with E-state index in [4.69, 9.17) is 0 Å². The van der Waals surface area contributed by atoms with Crippen molar-refractivity contribution in [1.29, 1.82) is 0 Å². The van der Waals surface area contributed by atoms with Crippen LogP contribution in [0.3, 0.4) is 0 Å². The van der Waals surface area contributed by atoms with Crippen LogP contribution in [-0.2, 0) is 14.6 Å². The molecule has 1 aliphatic rings. The van der Waals surface area contributed by atoms with E-state index in [0.717, 1.165) is 0 Å². The first kappa shape index (κ1) is 11.8. The van der Waals surface area contributed by atoms with E-state index in [1.165, 1.54) is 0 Å². The smallest absolute Gasteiger partial charge is 0.235 e. The molecule has 1 aliphatic heterocycles. The zero-order valence-corrected chi connectivity index (χ0v) is 9.85. The van der Waals surface area contributed by atoms with Crippen LogP contribution in [0.1, 0.15) is 13.3 Å². The van der Waals surface area contributed by atoms with E-state index in [2.05, 4.69) is 12.6 Å². The Labute approximate surface area is 90.0 Å². The van der Waals surface area contributed by atoms with E-state index < -0.39 is 9.84 Å². The molecule has 1 amide bonds. The highest BCUT2D eigenvalue weighted by molar-refractivity contribution is 7.91. The summed E-state index contributed by atoms with van der Waals surface area (Å²) in [4.78, 5) is 13.1. The average Bonchev–Trinajstić information content (AvgIpc) is 2.25. The molecule has 6 heteroatoms. The number of nitrogens with zero attached hydrogens (tertiary/aromatic N) is 1. The van der Waals surface area contributed by atoms with E-state index in [1.54, 1.807) is 11.8 Å². The summed E-state index contributed by atoms with van der Waals surface area (Å²) in [7, 11) is -2.93. The Morgan fingerprint density at radius 1 is 1.36 bits per heavy atom. The molecule has 0 aliphatic carbocycles. The summed E-state index contributed by atoms with van der Waals surface area (Å²) >= 11 is 4.04. The minimum atomic E-state index is -2.93. The number of carbonyl (C=O) groups excluding carboxylic acids is 1. The summed E-state index contributed by atoms with van der Waals surface area (Å²) in [5, 5.41) is -0.351. The van der Waals surface area contributed by atoms with Gasteiger partial charge in [0, 0.05) is 13.1 Å². The van der Waals surface area contributed by atoms with E-state index in [-0.39, 0.29) is 22.7 Å². The minimum absolute atomic E-state index is 0.0783. The van der Waals surface area contributed by atoms with Crippen LogP contribution in [0.25, 0.3) is 0 Å². The molecule has 1 atom stereocenters. The lowest BCUT2D eigenvalue weighted by atomic mass is 10.3. The van der Waals surface area contributed by atoms with Crippen molar-refractivity contribution in [2.75, 3.05) is 24.6 Å². The van der Waals surface area contributed by atoms with Crippen LogP contribution in [0.5, 0.6) is 0 Å². The summed E-state index contributed by atoms with van der Waals surface area (Å²) in [5.41, 5.74) is 0. The van der Waals surface area contributed by atoms with Gasteiger partial charge in [-0.15, -0.1) is 0 Å². The highest BCUT2D eigenvalue weighted by Gasteiger charge is 2.23. The van der Waals surface area contributed by atoms with Gasteiger partial charge in [-0.05, 0) is 13.3 Å². The largest absolute Gasteiger partial charge is 0.341 e. The Kier molecular flexibility index (Phi) is 3.83. The third kappa shape index (κ3) is 3.16. The number of thiol groups is 1. The molecule has 0 saturated carbocycles. The monoisotopic (exact) mass is 237 g/mol. The normalized spacial score (nSPS) is 24.0. The lowest BCUT2D eigenvalue weighted by Gasteiger charge is -2.21. The zero-order valence-electron chi connectivity index (χ0n) is 8.14. The molecule has 1 saturated heterocycles. The molecule has 0 radical (unpaired) electrons. The van der Waals surface area contributed by atoms with E-state index in [9.17, 15) is 13.2 Å². The fraction of sp³-hybridized carbons (Fsp3) is 0.875. The topological polar surface area (TPSA) is 54.5 Å². The molecule has 1 unspecified atom stereocenters. The highest BCUT2D eigenvalue weighted by atomic mass is 32.2. The van der Waals surface area contributed by atoms with Gasteiger partial charge in [-0.1, -0.05) is 0 Å². The molecule has 0 aromatic rings. The maximum Gasteiger partial charge on any atom is 0.235 e. The Hall–Kier alpha value is -0.230. The van der Waals surface area contributed by atoms with Gasteiger partial charge in [0.15, 0.2) is 9.84 Å². The lowest BCUT2D eigenvalue weighted by molar-refractivity contribution is -0.130. The quantitative estimate of drug-likeness (QED) is 0.651. The highest BCUT2D eigenvalue weighted by Crippen LogP contribution is 2.08. The van der Waals surface area contributed by atoms with E-state index >= 15 is 0 Å². The Morgan fingerprint density at radius 2 is 2.00 bits per heavy atom. The first-order valence-corrected chi connectivity index (χ1v) is 6.93. The number of amides is 1. The summed E-state index contributed by atoms with van der Waals surface area (Å²) in [6, 6.07) is 0. The number of hydrogen-bond donors (Lipinski definition) is 1. The SMILES string of the molecule is CC(S)C(=O)N1CCCS(=O)(=O)CC1. The van der Waals surface area contributed by atoms with Crippen LogP contribution >= 0.6 is 12.6 Å². The van der Waals surface area contributed by atoms with Gasteiger partial charge in [0.1, 0.15) is 0 Å². The molecular weight excluding hydrogens is 222 g/mol. The van der Waals surface area contributed by atoms with E-state index in [0.29, 0.717) is 19.5 Å². The third-order valence-corrected chi connectivity index (χ3v) is 4.16. The van der Waals surface area contributed by atoms with Gasteiger partial charge in [0.05, 0.1) is 16.8 Å². The zero-order chi connectivity index (χ0) is 10.8. The molecule has 1 fully saturated rings. The van der Waals surface area contributed by atoms with Crippen molar-refractivity contribution in [2.24, 2.45) is 0 Å². The van der Waals surface area contributed by atoms with Crippen LogP contribution in [0.4, 0.5) is 0 Å². The standard InChI is InChI=1S/C8H15NO3S2/c1-7(13)8(10)9-3-2-5-14(11,12)6-4-9/h7,13H,2-6H2,1H3. The number of carbonyl (C=O) groups is 1. The molecule has 0 bridgehead atoms. The minimum Gasteiger partial charge on any atom is -0.341 e. The Bertz CT molecular complexity index is 311. The van der Waals surface area contributed by atoms with Crippen LogP contribution in [-0.4, -0.2) is 49.1 Å². The van der Waals surface area contributed by atoms with Gasteiger partial charge < -0.3 is 4.90 Å². The molecule has 1 heterocycles. The average molecular weight is 237 g/mol. The molecule has 4 nitrogen and oxygen atoms in total. The van der Waals surface area contributed by atoms with Gasteiger partial charge in [-0.2, -0.15) is 12.6 Å². The van der Waals surface area contributed by atoms with Gasteiger partial charge in [0.2, 0.25) is 5.91 Å². The molecule has 0 spiro atoms. The van der Waals surface area contributed by atoms with Crippen molar-refractivity contribution < 1.29 is 13.2 Å². The fourth-order valence-corrected chi connectivity index (χ4v) is 2.86. The summed E-state index contributed by atoms with van der Waals surface area (Å²) in [5.74, 6) is 0.196. The van der Waals surface area contributed by atoms with Gasteiger partial charge in [-0.25, -0.2) is 8.42 Å². The van der Waals surface area contributed by atoms with Gasteiger partial charge >= 0.3 is 0 Å². The first-order chi connectivity index (χ1) is 6.42. The maximum atomic E-state index is 11.5. The lowest BCUT2D eigenvalue weighted by Crippen LogP contribution is -2.37. The number of rotatable bonds is 1. The molecule has 0 N–H and O–H groups in total. The second-order valence-corrected chi connectivity index (χ2v) is 6.58. The Balaban J connectivity index is 2.63. The second kappa shape index (κ2) is 4.53. The van der Waals surface area contributed by atoms with Crippen LogP contribution in [0, 0.1) is 0 Å². The summed E-state index contributed by atoms with van der Waals surface area (Å²) in [6.45, 7) is 2.54. The molecular formula is C8H15NO3S2. The Morgan fingerprint density at radius 3 is 2.57 bits per heavy atom. The van der Waals surface area contributed by atoms with Crippen molar-refractivity contribution in [3.63, 3.8) is 0 Å². The van der Waals surface area contributed by atoms with Crippen LogP contribution in [0.15, 0.2) is 0 Å². The number of hydrogen-bond acceptors (Lipinski definition) is 4. The van der Waals surface area contributed by atoms with Crippen LogP contribution < -0.4 is 0 Å². The molecule has 14 heavy (non-hydrogen) atoms. The predicted octanol–water partition coefficient (Wildman–Crippen LogP) is -0.0482. The molecule has 1 rings (SSSR count). The third-order valence-electron chi connectivity index (χ3n) is 2.22. The van der Waals surface area contributed by atoms with Gasteiger partial charge in [-0.3, -0.25) is 4.79 Å². The van der Waals surface area contributed by atoms with Crippen molar-refractivity contribution >= 4 is 28.4 Å². The summed E-state index contributed by atoms with van der Waals surface area (Å²) < 4.78 is 22.5. The molecule has 0 aromatic heterocycles. The van der Waals surface area contributed by atoms with Crippen molar-refractivity contribution in [2.45, 2.75) is 18.6 Å². The van der Waals surface area contributed by atoms with Crippen LogP contribution in [0.2, 0.25) is 0 Å². The van der Waals surface area contributed by atoms with Crippen molar-refractivity contribution in [3.05, 3.63) is 0 Å². The van der Waals surface area contributed by atoms with Gasteiger partial charge in [0.25, 0.3) is 0 Å². The van der Waals surface area contributed by atoms with Crippen molar-refractivity contribution in [3.8, 4) is 0 Å². The number of sulfone groups is 1. The predicted molar refractivity (Wildman–Crippen MR) is 58.3 cm³/mol. The molecule has 82 valence electrons. The molecule has 0 aromatic carbocycles. The maximum absolute atomic E-state index is 11.5.